The van der Waals surface area contributed by atoms with Crippen LogP contribution in [0.5, 0.6) is 0 Å². The number of aliphatic hydroxyl groups is 1. The molecule has 1 aromatic carbocycles. The molecule has 0 aliphatic rings. The number of benzene rings is 1. The summed E-state index contributed by atoms with van der Waals surface area (Å²) < 4.78 is 1.04. The van der Waals surface area contributed by atoms with E-state index in [1.807, 2.05) is 25.1 Å². The van der Waals surface area contributed by atoms with Crippen LogP contribution in [0.15, 0.2) is 27.6 Å². The van der Waals surface area contributed by atoms with Crippen LogP contribution in [0.4, 0.5) is 0 Å². The summed E-state index contributed by atoms with van der Waals surface area (Å²) in [4.78, 5) is 12.7. The number of nitrogens with one attached hydrogen (secondary N) is 1. The first kappa shape index (κ1) is 15.5. The summed E-state index contributed by atoms with van der Waals surface area (Å²) in [5.41, 5.74) is 0.276. The van der Waals surface area contributed by atoms with E-state index < -0.39 is 5.60 Å². The van der Waals surface area contributed by atoms with Gasteiger partial charge in [-0.2, -0.15) is 0 Å². The summed E-state index contributed by atoms with van der Waals surface area (Å²) in [7, 11) is 0. The first-order valence-corrected chi connectivity index (χ1v) is 7.44. The Morgan fingerprint density at radius 2 is 2.17 bits per heavy atom. The second-order valence-electron chi connectivity index (χ2n) is 4.79. The van der Waals surface area contributed by atoms with Crippen LogP contribution in [0, 0.1) is 6.92 Å². The third-order valence-corrected chi connectivity index (χ3v) is 3.88. The molecule has 1 rings (SSSR count). The van der Waals surface area contributed by atoms with Crippen molar-refractivity contribution in [1.82, 2.24) is 5.32 Å². The number of halogens is 1. The van der Waals surface area contributed by atoms with Crippen molar-refractivity contribution in [2.24, 2.45) is 0 Å². The minimum absolute atomic E-state index is 0.0653. The molecule has 0 atom stereocenters. The highest BCUT2D eigenvalue weighted by atomic mass is 79.9. The van der Waals surface area contributed by atoms with Crippen LogP contribution in [-0.2, 0) is 4.79 Å². The molecule has 1 amide bonds. The van der Waals surface area contributed by atoms with Gasteiger partial charge in [0.1, 0.15) is 0 Å². The lowest BCUT2D eigenvalue weighted by Gasteiger charge is -2.17. The topological polar surface area (TPSA) is 49.3 Å². The minimum atomic E-state index is -0.867. The normalized spacial score (nSPS) is 11.4. The Balaban J connectivity index is 2.43. The van der Waals surface area contributed by atoms with E-state index in [1.165, 1.54) is 11.8 Å². The SMILES string of the molecule is Cc1cc(Br)ccc1SCC(=O)NCC(C)(C)O. The van der Waals surface area contributed by atoms with E-state index >= 15 is 0 Å². The van der Waals surface area contributed by atoms with Gasteiger partial charge in [-0.15, -0.1) is 11.8 Å². The van der Waals surface area contributed by atoms with Crippen molar-refractivity contribution in [3.8, 4) is 0 Å². The predicted octanol–water partition coefficient (Wildman–Crippen LogP) is 2.74. The maximum atomic E-state index is 11.6. The molecule has 2 N–H and O–H groups in total. The van der Waals surface area contributed by atoms with Crippen molar-refractivity contribution in [3.63, 3.8) is 0 Å². The van der Waals surface area contributed by atoms with Gasteiger partial charge < -0.3 is 10.4 Å². The number of rotatable bonds is 5. The standard InChI is InChI=1S/C13H18BrNO2S/c1-9-6-10(14)4-5-11(9)18-7-12(16)15-8-13(2,3)17/h4-6,17H,7-8H2,1-3H3,(H,15,16). The number of thioether (sulfide) groups is 1. The zero-order chi connectivity index (χ0) is 13.8. The number of hydrogen-bond acceptors (Lipinski definition) is 3. The van der Waals surface area contributed by atoms with Crippen molar-refractivity contribution in [2.45, 2.75) is 31.3 Å². The molecular weight excluding hydrogens is 314 g/mol. The molecule has 0 heterocycles. The molecule has 0 spiro atoms. The van der Waals surface area contributed by atoms with Gasteiger partial charge in [-0.1, -0.05) is 15.9 Å². The van der Waals surface area contributed by atoms with Gasteiger partial charge in [-0.3, -0.25) is 4.79 Å². The highest BCUT2D eigenvalue weighted by Gasteiger charge is 2.14. The van der Waals surface area contributed by atoms with Gasteiger partial charge in [0.25, 0.3) is 0 Å². The minimum Gasteiger partial charge on any atom is -0.389 e. The average molecular weight is 332 g/mol. The molecule has 100 valence electrons. The lowest BCUT2D eigenvalue weighted by Crippen LogP contribution is -2.38. The van der Waals surface area contributed by atoms with Gasteiger partial charge in [0.05, 0.1) is 11.4 Å². The van der Waals surface area contributed by atoms with E-state index in [0.29, 0.717) is 5.75 Å². The molecule has 5 heteroatoms. The van der Waals surface area contributed by atoms with Gasteiger partial charge in [-0.05, 0) is 44.5 Å². The quantitative estimate of drug-likeness (QED) is 0.815. The van der Waals surface area contributed by atoms with Crippen LogP contribution in [-0.4, -0.2) is 28.9 Å². The van der Waals surface area contributed by atoms with Crippen LogP contribution < -0.4 is 5.32 Å². The lowest BCUT2D eigenvalue weighted by molar-refractivity contribution is -0.119. The van der Waals surface area contributed by atoms with E-state index in [-0.39, 0.29) is 12.5 Å². The van der Waals surface area contributed by atoms with E-state index in [2.05, 4.69) is 21.2 Å². The van der Waals surface area contributed by atoms with E-state index in [9.17, 15) is 9.90 Å². The number of hydrogen-bond donors (Lipinski definition) is 2. The van der Waals surface area contributed by atoms with E-state index in [0.717, 1.165) is 14.9 Å². The smallest absolute Gasteiger partial charge is 0.230 e. The molecule has 3 nitrogen and oxygen atoms in total. The zero-order valence-corrected chi connectivity index (χ0v) is 13.2. The lowest BCUT2D eigenvalue weighted by atomic mass is 10.1. The largest absolute Gasteiger partial charge is 0.389 e. The zero-order valence-electron chi connectivity index (χ0n) is 10.8. The molecule has 1 aromatic rings. The van der Waals surface area contributed by atoms with Crippen molar-refractivity contribution in [2.75, 3.05) is 12.3 Å². The second kappa shape index (κ2) is 6.59. The molecule has 0 bridgehead atoms. The summed E-state index contributed by atoms with van der Waals surface area (Å²) >= 11 is 4.91. The van der Waals surface area contributed by atoms with Gasteiger partial charge >= 0.3 is 0 Å². The van der Waals surface area contributed by atoms with Crippen LogP contribution in [0.1, 0.15) is 19.4 Å². The Morgan fingerprint density at radius 3 is 2.72 bits per heavy atom. The van der Waals surface area contributed by atoms with E-state index in [4.69, 9.17) is 0 Å². The summed E-state index contributed by atoms with van der Waals surface area (Å²) in [5, 5.41) is 12.2. The van der Waals surface area contributed by atoms with Crippen molar-refractivity contribution >= 4 is 33.6 Å². The van der Waals surface area contributed by atoms with Gasteiger partial charge in [0, 0.05) is 15.9 Å². The van der Waals surface area contributed by atoms with Crippen LogP contribution >= 0.6 is 27.7 Å². The number of aryl methyl sites for hydroxylation is 1. The van der Waals surface area contributed by atoms with Crippen LogP contribution in [0.2, 0.25) is 0 Å². The second-order valence-corrected chi connectivity index (χ2v) is 6.72. The predicted molar refractivity (Wildman–Crippen MR) is 78.9 cm³/mol. The number of amides is 1. The van der Waals surface area contributed by atoms with E-state index in [1.54, 1.807) is 13.8 Å². The summed E-state index contributed by atoms with van der Waals surface area (Å²) in [6, 6.07) is 5.98. The van der Waals surface area contributed by atoms with Crippen LogP contribution in [0.3, 0.4) is 0 Å². The van der Waals surface area contributed by atoms with Gasteiger partial charge in [0.15, 0.2) is 0 Å². The molecule has 18 heavy (non-hydrogen) atoms. The molecule has 0 unspecified atom stereocenters. The molecular formula is C13H18BrNO2S. The summed E-state index contributed by atoms with van der Waals surface area (Å²) in [6.07, 6.45) is 0. The monoisotopic (exact) mass is 331 g/mol. The highest BCUT2D eigenvalue weighted by molar-refractivity contribution is 9.10. The maximum absolute atomic E-state index is 11.6. The fourth-order valence-electron chi connectivity index (χ4n) is 1.28. The summed E-state index contributed by atoms with van der Waals surface area (Å²) in [6.45, 7) is 5.62. The Bertz CT molecular complexity index is 429. The molecule has 0 aliphatic heterocycles. The van der Waals surface area contributed by atoms with Crippen molar-refractivity contribution in [3.05, 3.63) is 28.2 Å². The third kappa shape index (κ3) is 5.89. The maximum Gasteiger partial charge on any atom is 0.230 e. The Kier molecular flexibility index (Phi) is 5.69. The Labute approximate surface area is 120 Å². The van der Waals surface area contributed by atoms with Gasteiger partial charge in [0.2, 0.25) is 5.91 Å². The van der Waals surface area contributed by atoms with Gasteiger partial charge in [-0.25, -0.2) is 0 Å². The first-order valence-electron chi connectivity index (χ1n) is 5.66. The van der Waals surface area contributed by atoms with Crippen molar-refractivity contribution in [1.29, 1.82) is 0 Å². The molecule has 0 aliphatic carbocycles. The molecule has 0 aromatic heterocycles. The highest BCUT2D eigenvalue weighted by Crippen LogP contribution is 2.25. The van der Waals surface area contributed by atoms with Crippen molar-refractivity contribution < 1.29 is 9.90 Å². The van der Waals surface area contributed by atoms with Crippen LogP contribution in [0.25, 0.3) is 0 Å². The Hall–Kier alpha value is -0.520. The average Bonchev–Trinajstić information content (AvgIpc) is 2.24. The Morgan fingerprint density at radius 1 is 1.50 bits per heavy atom. The fourth-order valence-corrected chi connectivity index (χ4v) is 2.60. The molecule has 0 fully saturated rings. The molecule has 0 radical (unpaired) electrons. The molecule has 0 saturated heterocycles. The molecule has 0 saturated carbocycles. The number of carbonyl (C=O) groups excluding carboxylic acids is 1. The first-order chi connectivity index (χ1) is 8.28. The third-order valence-electron chi connectivity index (χ3n) is 2.21. The fraction of sp³-hybridized carbons (Fsp3) is 0.462. The number of carbonyl (C=O) groups is 1. The summed E-state index contributed by atoms with van der Waals surface area (Å²) in [5.74, 6) is 0.294.